The molecule has 2 rings (SSSR count). The van der Waals surface area contributed by atoms with Gasteiger partial charge in [0, 0.05) is 11.3 Å². The maximum absolute atomic E-state index is 4.53. The van der Waals surface area contributed by atoms with E-state index < -0.39 is 0 Å². The zero-order valence-electron chi connectivity index (χ0n) is 10.0. The minimum Gasteiger partial charge on any atom is -0.362 e. The van der Waals surface area contributed by atoms with Crippen molar-refractivity contribution in [2.24, 2.45) is 10.4 Å². The van der Waals surface area contributed by atoms with Crippen LogP contribution in [0.25, 0.3) is 0 Å². The lowest BCUT2D eigenvalue weighted by Crippen LogP contribution is -2.39. The van der Waals surface area contributed by atoms with Gasteiger partial charge in [0.1, 0.15) is 0 Å². The molecule has 1 fully saturated rings. The van der Waals surface area contributed by atoms with Crippen molar-refractivity contribution >= 4 is 16.9 Å². The quantitative estimate of drug-likeness (QED) is 0.743. The van der Waals surface area contributed by atoms with Crippen LogP contribution in [-0.2, 0) is 0 Å². The van der Waals surface area contributed by atoms with Crippen molar-refractivity contribution in [2.75, 3.05) is 6.54 Å². The number of thioether (sulfide) groups is 1. The van der Waals surface area contributed by atoms with Gasteiger partial charge in [-0.2, -0.15) is 0 Å². The lowest BCUT2D eigenvalue weighted by molar-refractivity contribution is 0.211. The molecule has 86 valence electrons. The number of rotatable bonds is 1. The molecule has 1 aliphatic heterocycles. The van der Waals surface area contributed by atoms with Crippen molar-refractivity contribution in [2.45, 2.75) is 57.7 Å². The molecule has 1 saturated carbocycles. The van der Waals surface area contributed by atoms with E-state index in [2.05, 4.69) is 31.1 Å². The van der Waals surface area contributed by atoms with Gasteiger partial charge in [0.15, 0.2) is 5.17 Å². The average molecular weight is 226 g/mol. The first-order valence-corrected chi connectivity index (χ1v) is 6.91. The van der Waals surface area contributed by atoms with Gasteiger partial charge in [-0.3, -0.25) is 4.99 Å². The Morgan fingerprint density at radius 3 is 2.87 bits per heavy atom. The van der Waals surface area contributed by atoms with Crippen LogP contribution in [0.15, 0.2) is 4.99 Å². The Morgan fingerprint density at radius 2 is 2.27 bits per heavy atom. The topological polar surface area (TPSA) is 24.4 Å². The Bertz CT molecular complexity index is 260. The third-order valence-corrected chi connectivity index (χ3v) is 4.36. The summed E-state index contributed by atoms with van der Waals surface area (Å²) in [4.78, 5) is 4.53. The van der Waals surface area contributed by atoms with Crippen LogP contribution in [-0.4, -0.2) is 23.0 Å². The van der Waals surface area contributed by atoms with Crippen LogP contribution in [0.1, 0.15) is 46.5 Å². The number of aliphatic imine (C=N–C) groups is 1. The first-order valence-electron chi connectivity index (χ1n) is 6.03. The van der Waals surface area contributed by atoms with Gasteiger partial charge in [0.2, 0.25) is 0 Å². The second-order valence-electron chi connectivity index (χ2n) is 5.68. The molecule has 0 bridgehead atoms. The summed E-state index contributed by atoms with van der Waals surface area (Å²) in [6.45, 7) is 8.00. The fourth-order valence-electron chi connectivity index (χ4n) is 2.55. The van der Waals surface area contributed by atoms with E-state index in [1.807, 2.05) is 11.8 Å². The Morgan fingerprint density at radius 1 is 1.47 bits per heavy atom. The van der Waals surface area contributed by atoms with Crippen LogP contribution in [0.2, 0.25) is 0 Å². The smallest absolute Gasteiger partial charge is 0.157 e. The van der Waals surface area contributed by atoms with Gasteiger partial charge < -0.3 is 5.32 Å². The van der Waals surface area contributed by atoms with Crippen molar-refractivity contribution in [3.8, 4) is 0 Å². The lowest BCUT2D eigenvalue weighted by Gasteiger charge is -2.35. The van der Waals surface area contributed by atoms with E-state index in [1.54, 1.807) is 0 Å². The van der Waals surface area contributed by atoms with E-state index in [0.717, 1.165) is 6.54 Å². The molecular weight excluding hydrogens is 204 g/mol. The third-order valence-electron chi connectivity index (χ3n) is 3.34. The summed E-state index contributed by atoms with van der Waals surface area (Å²) in [5, 5.41) is 5.47. The molecule has 0 aromatic rings. The van der Waals surface area contributed by atoms with Crippen molar-refractivity contribution in [3.05, 3.63) is 0 Å². The summed E-state index contributed by atoms with van der Waals surface area (Å²) >= 11 is 1.90. The van der Waals surface area contributed by atoms with E-state index in [9.17, 15) is 0 Å². The molecular formula is C12H22N2S. The molecule has 0 spiro atoms. The highest BCUT2D eigenvalue weighted by molar-refractivity contribution is 8.14. The highest BCUT2D eigenvalue weighted by Crippen LogP contribution is 2.35. The van der Waals surface area contributed by atoms with Gasteiger partial charge >= 0.3 is 0 Å². The summed E-state index contributed by atoms with van der Waals surface area (Å²) in [7, 11) is 0. The minimum absolute atomic E-state index is 0.519. The molecule has 0 saturated heterocycles. The average Bonchev–Trinajstić information content (AvgIpc) is 2.49. The Labute approximate surface area is 97.3 Å². The molecule has 3 heteroatoms. The van der Waals surface area contributed by atoms with Crippen LogP contribution in [0.4, 0.5) is 0 Å². The highest BCUT2D eigenvalue weighted by Gasteiger charge is 2.29. The fourth-order valence-corrected chi connectivity index (χ4v) is 3.47. The van der Waals surface area contributed by atoms with Gasteiger partial charge in [-0.1, -0.05) is 39.0 Å². The maximum Gasteiger partial charge on any atom is 0.157 e. The summed E-state index contributed by atoms with van der Waals surface area (Å²) in [6.07, 6.45) is 5.34. The number of hydrogen-bond acceptors (Lipinski definition) is 3. The van der Waals surface area contributed by atoms with Gasteiger partial charge in [0.05, 0.1) is 6.54 Å². The highest BCUT2D eigenvalue weighted by atomic mass is 32.2. The number of nitrogens with one attached hydrogen (secondary N) is 1. The monoisotopic (exact) mass is 226 g/mol. The number of amidine groups is 1. The molecule has 2 aliphatic rings. The molecule has 15 heavy (non-hydrogen) atoms. The van der Waals surface area contributed by atoms with Gasteiger partial charge in [-0.25, -0.2) is 0 Å². The Balaban J connectivity index is 1.84. The SMILES string of the molecule is CC1CN=C(NC2CCCC(C)(C)C2)S1. The maximum atomic E-state index is 4.53. The summed E-state index contributed by atoms with van der Waals surface area (Å²) in [5.41, 5.74) is 0.519. The predicted octanol–water partition coefficient (Wildman–Crippen LogP) is 3.04. The third kappa shape index (κ3) is 3.13. The summed E-state index contributed by atoms with van der Waals surface area (Å²) in [6, 6.07) is 0.658. The standard InChI is InChI=1S/C12H22N2S/c1-9-8-13-11(15-9)14-10-5-4-6-12(2,3)7-10/h9-10H,4-8H2,1-3H3,(H,13,14). The Hall–Kier alpha value is -0.180. The molecule has 1 aliphatic carbocycles. The number of hydrogen-bond donors (Lipinski definition) is 1. The number of nitrogens with zero attached hydrogens (tertiary/aromatic N) is 1. The molecule has 1 N–H and O–H groups in total. The molecule has 0 aromatic carbocycles. The molecule has 1 heterocycles. The summed E-state index contributed by atoms with van der Waals surface area (Å²) < 4.78 is 0. The minimum atomic E-state index is 0.519. The second kappa shape index (κ2) is 4.36. The van der Waals surface area contributed by atoms with Gasteiger partial charge in [0.25, 0.3) is 0 Å². The van der Waals surface area contributed by atoms with Crippen molar-refractivity contribution < 1.29 is 0 Å². The van der Waals surface area contributed by atoms with E-state index in [1.165, 1.54) is 30.9 Å². The van der Waals surface area contributed by atoms with Crippen LogP contribution >= 0.6 is 11.8 Å². The lowest BCUT2D eigenvalue weighted by atomic mass is 9.75. The van der Waals surface area contributed by atoms with E-state index in [0.29, 0.717) is 16.7 Å². The van der Waals surface area contributed by atoms with E-state index in [-0.39, 0.29) is 0 Å². The normalized spacial score (nSPS) is 35.0. The zero-order valence-corrected chi connectivity index (χ0v) is 10.9. The van der Waals surface area contributed by atoms with Crippen LogP contribution in [0, 0.1) is 5.41 Å². The molecule has 0 aromatic heterocycles. The fraction of sp³-hybridized carbons (Fsp3) is 0.917. The molecule has 0 radical (unpaired) electrons. The Kier molecular flexibility index (Phi) is 3.29. The molecule has 0 amide bonds. The molecule has 2 unspecified atom stereocenters. The van der Waals surface area contributed by atoms with Crippen LogP contribution in [0.3, 0.4) is 0 Å². The van der Waals surface area contributed by atoms with Crippen LogP contribution < -0.4 is 5.32 Å². The second-order valence-corrected chi connectivity index (χ2v) is 7.10. The van der Waals surface area contributed by atoms with Crippen molar-refractivity contribution in [1.29, 1.82) is 0 Å². The van der Waals surface area contributed by atoms with Gasteiger partial charge in [-0.05, 0) is 24.7 Å². The molecule has 2 atom stereocenters. The summed E-state index contributed by atoms with van der Waals surface area (Å²) in [5.74, 6) is 0. The van der Waals surface area contributed by atoms with E-state index in [4.69, 9.17) is 0 Å². The van der Waals surface area contributed by atoms with Gasteiger partial charge in [-0.15, -0.1) is 0 Å². The van der Waals surface area contributed by atoms with Crippen LogP contribution in [0.5, 0.6) is 0 Å². The van der Waals surface area contributed by atoms with E-state index >= 15 is 0 Å². The first kappa shape index (κ1) is 11.3. The largest absolute Gasteiger partial charge is 0.362 e. The predicted molar refractivity (Wildman–Crippen MR) is 68.5 cm³/mol. The van der Waals surface area contributed by atoms with Crippen molar-refractivity contribution in [3.63, 3.8) is 0 Å². The van der Waals surface area contributed by atoms with Crippen molar-refractivity contribution in [1.82, 2.24) is 5.32 Å². The first-order chi connectivity index (χ1) is 7.05. The molecule has 2 nitrogen and oxygen atoms in total. The zero-order chi connectivity index (χ0) is 10.9.